The first kappa shape index (κ1) is 16.0. The van der Waals surface area contributed by atoms with E-state index in [1.54, 1.807) is 7.11 Å². The predicted molar refractivity (Wildman–Crippen MR) is 89.2 cm³/mol. The zero-order valence-electron chi connectivity index (χ0n) is 13.1. The molecule has 2 aromatic rings. The Morgan fingerprint density at radius 2 is 1.73 bits per heavy atom. The van der Waals surface area contributed by atoms with Gasteiger partial charge in [-0.05, 0) is 24.2 Å². The van der Waals surface area contributed by atoms with E-state index in [0.29, 0.717) is 6.42 Å². The van der Waals surface area contributed by atoms with Crippen LogP contribution in [-0.2, 0) is 17.8 Å². The summed E-state index contributed by atoms with van der Waals surface area (Å²) in [5.41, 5.74) is 2.81. The Hall–Kier alpha value is -2.33. The minimum atomic E-state index is -0.0477. The first-order valence-electron chi connectivity index (χ1n) is 7.45. The Balaban J connectivity index is 2.06. The van der Waals surface area contributed by atoms with Crippen LogP contribution in [0.15, 0.2) is 48.5 Å². The molecule has 0 radical (unpaired) electrons. The van der Waals surface area contributed by atoms with Crippen molar-refractivity contribution in [1.29, 1.82) is 0 Å². The Morgan fingerprint density at radius 3 is 2.45 bits per heavy atom. The lowest BCUT2D eigenvalue weighted by Gasteiger charge is -2.12. The van der Waals surface area contributed by atoms with Gasteiger partial charge in [-0.3, -0.25) is 4.79 Å². The highest BCUT2D eigenvalue weighted by molar-refractivity contribution is 5.93. The fraction of sp³-hybridized carbons (Fsp3) is 0.278. The van der Waals surface area contributed by atoms with Crippen LogP contribution in [0.5, 0.6) is 5.75 Å². The number of ether oxygens (including phenoxy) is 1. The highest BCUT2D eigenvalue weighted by Gasteiger charge is 2.10. The molecule has 2 rings (SSSR count). The van der Waals surface area contributed by atoms with Gasteiger partial charge in [0.05, 0.1) is 13.5 Å². The minimum Gasteiger partial charge on any atom is -0.496 e. The van der Waals surface area contributed by atoms with Gasteiger partial charge in [-0.1, -0.05) is 43.3 Å². The molecule has 0 aliphatic rings. The van der Waals surface area contributed by atoms with Crippen LogP contribution < -0.4 is 15.4 Å². The molecule has 0 saturated carbocycles. The molecule has 0 fully saturated rings. The summed E-state index contributed by atoms with van der Waals surface area (Å²) >= 11 is 0. The van der Waals surface area contributed by atoms with Gasteiger partial charge >= 0.3 is 0 Å². The van der Waals surface area contributed by atoms with Crippen LogP contribution in [0.1, 0.15) is 18.1 Å². The molecule has 0 bridgehead atoms. The van der Waals surface area contributed by atoms with Crippen molar-refractivity contribution in [2.24, 2.45) is 0 Å². The molecule has 116 valence electrons. The van der Waals surface area contributed by atoms with E-state index >= 15 is 0 Å². The standard InChI is InChI=1S/C18H22N2O2/c1-3-19-13-15-9-4-6-10-16(15)20-18(21)12-14-8-5-7-11-17(14)22-2/h4-11,19H,3,12-13H2,1-2H3,(H,20,21). The number of hydrogen-bond acceptors (Lipinski definition) is 3. The molecule has 22 heavy (non-hydrogen) atoms. The lowest BCUT2D eigenvalue weighted by Crippen LogP contribution is -2.18. The van der Waals surface area contributed by atoms with Crippen LogP contribution >= 0.6 is 0 Å². The number of amides is 1. The van der Waals surface area contributed by atoms with Crippen molar-refractivity contribution >= 4 is 11.6 Å². The number of methoxy groups -OCH3 is 1. The largest absolute Gasteiger partial charge is 0.496 e. The van der Waals surface area contributed by atoms with Gasteiger partial charge in [0, 0.05) is 17.8 Å². The summed E-state index contributed by atoms with van der Waals surface area (Å²) in [6.45, 7) is 3.69. The highest BCUT2D eigenvalue weighted by Crippen LogP contribution is 2.19. The molecule has 2 aromatic carbocycles. The lowest BCUT2D eigenvalue weighted by atomic mass is 10.1. The SMILES string of the molecule is CCNCc1ccccc1NC(=O)Cc1ccccc1OC. The number of rotatable bonds is 7. The summed E-state index contributed by atoms with van der Waals surface area (Å²) in [5, 5.41) is 6.26. The summed E-state index contributed by atoms with van der Waals surface area (Å²) in [6.07, 6.45) is 0.291. The highest BCUT2D eigenvalue weighted by atomic mass is 16.5. The molecule has 0 atom stereocenters. The van der Waals surface area contributed by atoms with Crippen LogP contribution in [-0.4, -0.2) is 19.6 Å². The molecular formula is C18H22N2O2. The average Bonchev–Trinajstić information content (AvgIpc) is 2.54. The third-order valence-electron chi connectivity index (χ3n) is 3.40. The number of carbonyl (C=O) groups excluding carboxylic acids is 1. The zero-order chi connectivity index (χ0) is 15.8. The Morgan fingerprint density at radius 1 is 1.05 bits per heavy atom. The summed E-state index contributed by atoms with van der Waals surface area (Å²) in [7, 11) is 1.61. The van der Waals surface area contributed by atoms with Crippen molar-refractivity contribution in [1.82, 2.24) is 5.32 Å². The maximum atomic E-state index is 12.3. The first-order valence-corrected chi connectivity index (χ1v) is 7.45. The molecule has 0 spiro atoms. The molecule has 0 unspecified atom stereocenters. The van der Waals surface area contributed by atoms with Crippen molar-refractivity contribution in [3.63, 3.8) is 0 Å². The van der Waals surface area contributed by atoms with Crippen molar-refractivity contribution in [2.45, 2.75) is 19.9 Å². The normalized spacial score (nSPS) is 10.3. The van der Waals surface area contributed by atoms with E-state index in [1.165, 1.54) is 0 Å². The monoisotopic (exact) mass is 298 g/mol. The molecule has 0 aliphatic heterocycles. The van der Waals surface area contributed by atoms with Gasteiger partial charge in [0.15, 0.2) is 0 Å². The van der Waals surface area contributed by atoms with Gasteiger partial charge in [-0.25, -0.2) is 0 Å². The molecular weight excluding hydrogens is 276 g/mol. The average molecular weight is 298 g/mol. The van der Waals surface area contributed by atoms with E-state index in [4.69, 9.17) is 4.74 Å². The first-order chi connectivity index (χ1) is 10.7. The summed E-state index contributed by atoms with van der Waals surface area (Å²) in [4.78, 5) is 12.3. The lowest BCUT2D eigenvalue weighted by molar-refractivity contribution is -0.115. The fourth-order valence-corrected chi connectivity index (χ4v) is 2.27. The van der Waals surface area contributed by atoms with Crippen LogP contribution in [0.4, 0.5) is 5.69 Å². The number of para-hydroxylation sites is 2. The van der Waals surface area contributed by atoms with E-state index < -0.39 is 0 Å². The fourth-order valence-electron chi connectivity index (χ4n) is 2.27. The maximum absolute atomic E-state index is 12.3. The number of benzene rings is 2. The van der Waals surface area contributed by atoms with Crippen LogP contribution in [0.3, 0.4) is 0 Å². The molecule has 0 saturated heterocycles. The Labute approximate surface area is 131 Å². The molecule has 0 heterocycles. The van der Waals surface area contributed by atoms with Gasteiger partial charge in [0.25, 0.3) is 0 Å². The number of hydrogen-bond donors (Lipinski definition) is 2. The Kier molecular flexibility index (Phi) is 5.98. The summed E-state index contributed by atoms with van der Waals surface area (Å²) in [6, 6.07) is 15.4. The quantitative estimate of drug-likeness (QED) is 0.826. The van der Waals surface area contributed by atoms with Gasteiger partial charge in [-0.2, -0.15) is 0 Å². The second-order valence-electron chi connectivity index (χ2n) is 4.97. The van der Waals surface area contributed by atoms with Gasteiger partial charge in [0.2, 0.25) is 5.91 Å². The number of anilines is 1. The van der Waals surface area contributed by atoms with Gasteiger partial charge in [-0.15, -0.1) is 0 Å². The molecule has 4 heteroatoms. The predicted octanol–water partition coefficient (Wildman–Crippen LogP) is 2.99. The smallest absolute Gasteiger partial charge is 0.228 e. The third-order valence-corrected chi connectivity index (χ3v) is 3.40. The second-order valence-corrected chi connectivity index (χ2v) is 4.97. The Bertz CT molecular complexity index is 626. The third kappa shape index (κ3) is 4.33. The maximum Gasteiger partial charge on any atom is 0.228 e. The van der Waals surface area contributed by atoms with Gasteiger partial charge < -0.3 is 15.4 Å². The van der Waals surface area contributed by atoms with Crippen LogP contribution in [0, 0.1) is 0 Å². The molecule has 2 N–H and O–H groups in total. The molecule has 0 aromatic heterocycles. The van der Waals surface area contributed by atoms with E-state index in [9.17, 15) is 4.79 Å². The van der Waals surface area contributed by atoms with E-state index in [1.807, 2.05) is 48.5 Å². The molecule has 1 amide bonds. The number of nitrogens with one attached hydrogen (secondary N) is 2. The van der Waals surface area contributed by atoms with E-state index in [-0.39, 0.29) is 5.91 Å². The summed E-state index contributed by atoms with van der Waals surface area (Å²) in [5.74, 6) is 0.687. The molecule has 0 aliphatic carbocycles. The zero-order valence-corrected chi connectivity index (χ0v) is 13.1. The summed E-state index contributed by atoms with van der Waals surface area (Å²) < 4.78 is 5.28. The van der Waals surface area contributed by atoms with Gasteiger partial charge in [0.1, 0.15) is 5.75 Å². The van der Waals surface area contributed by atoms with Crippen molar-refractivity contribution in [2.75, 3.05) is 19.0 Å². The second kappa shape index (κ2) is 8.20. The van der Waals surface area contributed by atoms with Crippen LogP contribution in [0.2, 0.25) is 0 Å². The van der Waals surface area contributed by atoms with Crippen LogP contribution in [0.25, 0.3) is 0 Å². The van der Waals surface area contributed by atoms with E-state index in [0.717, 1.165) is 35.7 Å². The molecule has 4 nitrogen and oxygen atoms in total. The van der Waals surface area contributed by atoms with Crippen molar-refractivity contribution < 1.29 is 9.53 Å². The minimum absolute atomic E-state index is 0.0477. The van der Waals surface area contributed by atoms with Crippen molar-refractivity contribution in [3.8, 4) is 5.75 Å². The van der Waals surface area contributed by atoms with Crippen molar-refractivity contribution in [3.05, 3.63) is 59.7 Å². The number of carbonyl (C=O) groups is 1. The topological polar surface area (TPSA) is 50.4 Å². The van der Waals surface area contributed by atoms with E-state index in [2.05, 4.69) is 17.6 Å².